The van der Waals surface area contributed by atoms with E-state index in [2.05, 4.69) is 10.1 Å². The van der Waals surface area contributed by atoms with Crippen molar-refractivity contribution >= 4 is 17.3 Å². The van der Waals surface area contributed by atoms with Gasteiger partial charge in [0.1, 0.15) is 5.75 Å². The lowest BCUT2D eigenvalue weighted by molar-refractivity contribution is -0.384. The van der Waals surface area contributed by atoms with Crippen molar-refractivity contribution in [3.8, 4) is 5.75 Å². The number of carbonyl (C=O) groups is 1. The first-order chi connectivity index (χ1) is 9.06. The number of hydrogen-bond acceptors (Lipinski definition) is 6. The van der Waals surface area contributed by atoms with Crippen molar-refractivity contribution in [1.29, 1.82) is 0 Å². The van der Waals surface area contributed by atoms with Crippen LogP contribution >= 0.6 is 0 Å². The van der Waals surface area contributed by atoms with Crippen LogP contribution in [0.2, 0.25) is 0 Å². The lowest BCUT2D eigenvalue weighted by Crippen LogP contribution is -2.10. The maximum atomic E-state index is 11.0. The van der Waals surface area contributed by atoms with Gasteiger partial charge in [0.15, 0.2) is 0 Å². The van der Waals surface area contributed by atoms with Crippen LogP contribution in [0.3, 0.4) is 0 Å². The Labute approximate surface area is 110 Å². The molecule has 0 bridgehead atoms. The molecule has 0 aliphatic carbocycles. The zero-order chi connectivity index (χ0) is 14.3. The van der Waals surface area contributed by atoms with E-state index in [1.54, 1.807) is 13.0 Å². The minimum Gasteiger partial charge on any atom is -0.494 e. The van der Waals surface area contributed by atoms with Gasteiger partial charge in [0.25, 0.3) is 5.69 Å². The van der Waals surface area contributed by atoms with E-state index in [9.17, 15) is 14.9 Å². The molecule has 0 atom stereocenters. The minimum atomic E-state index is -0.492. The summed E-state index contributed by atoms with van der Waals surface area (Å²) in [4.78, 5) is 21.2. The van der Waals surface area contributed by atoms with Crippen molar-refractivity contribution in [2.24, 2.45) is 0 Å². The van der Waals surface area contributed by atoms with Crippen molar-refractivity contribution in [3.63, 3.8) is 0 Å². The van der Waals surface area contributed by atoms with Crippen LogP contribution in [-0.2, 0) is 9.53 Å². The van der Waals surface area contributed by atoms with Crippen LogP contribution in [0.4, 0.5) is 11.4 Å². The second-order valence-corrected chi connectivity index (χ2v) is 3.66. The highest BCUT2D eigenvalue weighted by atomic mass is 16.6. The zero-order valence-corrected chi connectivity index (χ0v) is 10.8. The number of benzene rings is 1. The molecular formula is C12H16N2O5. The first-order valence-corrected chi connectivity index (χ1v) is 5.79. The van der Waals surface area contributed by atoms with Crippen LogP contribution in [0.25, 0.3) is 0 Å². The fourth-order valence-electron chi connectivity index (χ4n) is 1.45. The summed E-state index contributed by atoms with van der Waals surface area (Å²) in [5.41, 5.74) is 0.466. The minimum absolute atomic E-state index is 0.0634. The van der Waals surface area contributed by atoms with Crippen molar-refractivity contribution < 1.29 is 19.2 Å². The number of non-ortho nitro benzene ring substituents is 1. The van der Waals surface area contributed by atoms with Crippen LogP contribution in [0.15, 0.2) is 18.2 Å². The third-order valence-corrected chi connectivity index (χ3v) is 2.30. The second-order valence-electron chi connectivity index (χ2n) is 3.66. The third-order valence-electron chi connectivity index (χ3n) is 2.30. The Morgan fingerprint density at radius 2 is 2.16 bits per heavy atom. The molecule has 0 unspecified atom stereocenters. The van der Waals surface area contributed by atoms with Gasteiger partial charge in [-0.25, -0.2) is 0 Å². The number of carbonyl (C=O) groups excluding carboxylic acids is 1. The Morgan fingerprint density at radius 3 is 2.74 bits per heavy atom. The standard InChI is InChI=1S/C12H16N2O5/c1-3-19-11-7-9(6-10(8-11)14(16)17)13-5-4-12(15)18-2/h6-8,13H,3-5H2,1-2H3. The van der Waals surface area contributed by atoms with Crippen LogP contribution in [0.5, 0.6) is 5.75 Å². The predicted molar refractivity (Wildman–Crippen MR) is 69.4 cm³/mol. The van der Waals surface area contributed by atoms with Crippen molar-refractivity contribution in [2.75, 3.05) is 25.6 Å². The lowest BCUT2D eigenvalue weighted by atomic mass is 10.2. The molecule has 0 saturated heterocycles. The Morgan fingerprint density at radius 1 is 1.42 bits per heavy atom. The molecule has 0 aliphatic heterocycles. The normalized spacial score (nSPS) is 9.79. The molecule has 1 aromatic rings. The van der Waals surface area contributed by atoms with Gasteiger partial charge in [0.2, 0.25) is 0 Å². The SMILES string of the molecule is CCOc1cc(NCCC(=O)OC)cc([N+](=O)[O-])c1. The summed E-state index contributed by atoms with van der Waals surface area (Å²) in [6, 6.07) is 4.39. The molecular weight excluding hydrogens is 252 g/mol. The summed E-state index contributed by atoms with van der Waals surface area (Å²) in [5, 5.41) is 13.7. The van der Waals surface area contributed by atoms with Gasteiger partial charge in [-0.2, -0.15) is 0 Å². The lowest BCUT2D eigenvalue weighted by Gasteiger charge is -2.08. The fraction of sp³-hybridized carbons (Fsp3) is 0.417. The van der Waals surface area contributed by atoms with E-state index in [0.717, 1.165) is 0 Å². The van der Waals surface area contributed by atoms with Gasteiger partial charge >= 0.3 is 5.97 Å². The summed E-state index contributed by atoms with van der Waals surface area (Å²) >= 11 is 0. The van der Waals surface area contributed by atoms with Crippen LogP contribution in [0, 0.1) is 10.1 Å². The van der Waals surface area contributed by atoms with Crippen LogP contribution < -0.4 is 10.1 Å². The van der Waals surface area contributed by atoms with Gasteiger partial charge in [-0.1, -0.05) is 0 Å². The number of hydrogen-bond donors (Lipinski definition) is 1. The molecule has 0 saturated carbocycles. The average molecular weight is 268 g/mol. The van der Waals surface area contributed by atoms with E-state index in [-0.39, 0.29) is 18.1 Å². The van der Waals surface area contributed by atoms with E-state index < -0.39 is 4.92 Å². The van der Waals surface area contributed by atoms with E-state index in [4.69, 9.17) is 4.74 Å². The van der Waals surface area contributed by atoms with Gasteiger partial charge in [-0.15, -0.1) is 0 Å². The summed E-state index contributed by atoms with van der Waals surface area (Å²) in [6.45, 7) is 2.55. The summed E-state index contributed by atoms with van der Waals surface area (Å²) in [6.07, 6.45) is 0.184. The molecule has 1 rings (SSSR count). The molecule has 7 heteroatoms. The van der Waals surface area contributed by atoms with Gasteiger partial charge in [-0.05, 0) is 6.92 Å². The summed E-state index contributed by atoms with van der Waals surface area (Å²) in [7, 11) is 1.31. The maximum absolute atomic E-state index is 11.0. The number of rotatable bonds is 7. The molecule has 7 nitrogen and oxygen atoms in total. The Balaban J connectivity index is 2.75. The first-order valence-electron chi connectivity index (χ1n) is 5.79. The molecule has 0 fully saturated rings. The quantitative estimate of drug-likeness (QED) is 0.462. The zero-order valence-electron chi connectivity index (χ0n) is 10.8. The van der Waals surface area contributed by atoms with Crippen molar-refractivity contribution in [1.82, 2.24) is 0 Å². The molecule has 0 aromatic heterocycles. The maximum Gasteiger partial charge on any atom is 0.307 e. The first kappa shape index (κ1) is 14.7. The van der Waals surface area contributed by atoms with E-state index in [1.807, 2.05) is 0 Å². The number of anilines is 1. The summed E-state index contributed by atoms with van der Waals surface area (Å²) < 4.78 is 9.75. The molecule has 104 valence electrons. The monoisotopic (exact) mass is 268 g/mol. The fourth-order valence-corrected chi connectivity index (χ4v) is 1.45. The van der Waals surface area contributed by atoms with E-state index in [0.29, 0.717) is 24.6 Å². The predicted octanol–water partition coefficient (Wildman–Crippen LogP) is 1.97. The molecule has 0 aliphatic rings. The highest BCUT2D eigenvalue weighted by molar-refractivity contribution is 5.70. The number of ether oxygens (including phenoxy) is 2. The molecule has 1 N–H and O–H groups in total. The number of nitrogens with zero attached hydrogens (tertiary/aromatic N) is 1. The number of nitrogens with one attached hydrogen (secondary N) is 1. The van der Waals surface area contributed by atoms with Gasteiger partial charge in [-0.3, -0.25) is 14.9 Å². The largest absolute Gasteiger partial charge is 0.494 e. The number of nitro benzene ring substituents is 1. The van der Waals surface area contributed by atoms with E-state index in [1.165, 1.54) is 19.2 Å². The molecule has 1 aromatic carbocycles. The number of nitro groups is 1. The van der Waals surface area contributed by atoms with Crippen molar-refractivity contribution in [3.05, 3.63) is 28.3 Å². The number of esters is 1. The second kappa shape index (κ2) is 7.20. The topological polar surface area (TPSA) is 90.7 Å². The van der Waals surface area contributed by atoms with Crippen LogP contribution in [0.1, 0.15) is 13.3 Å². The highest BCUT2D eigenvalue weighted by Crippen LogP contribution is 2.26. The molecule has 0 heterocycles. The Kier molecular flexibility index (Phi) is 5.59. The average Bonchev–Trinajstić information content (AvgIpc) is 2.38. The molecule has 0 amide bonds. The van der Waals surface area contributed by atoms with Crippen molar-refractivity contribution in [2.45, 2.75) is 13.3 Å². The Hall–Kier alpha value is -2.31. The van der Waals surface area contributed by atoms with Gasteiger partial charge in [0.05, 0.1) is 31.1 Å². The van der Waals surface area contributed by atoms with E-state index >= 15 is 0 Å². The van der Waals surface area contributed by atoms with Crippen LogP contribution in [-0.4, -0.2) is 31.2 Å². The summed E-state index contributed by atoms with van der Waals surface area (Å²) in [5.74, 6) is 0.0697. The van der Waals surface area contributed by atoms with Gasteiger partial charge in [0, 0.05) is 24.4 Å². The highest BCUT2D eigenvalue weighted by Gasteiger charge is 2.10. The smallest absolute Gasteiger partial charge is 0.307 e. The molecule has 0 spiro atoms. The molecule has 19 heavy (non-hydrogen) atoms. The third kappa shape index (κ3) is 4.82. The van der Waals surface area contributed by atoms with Gasteiger partial charge < -0.3 is 14.8 Å². The molecule has 0 radical (unpaired) electrons. The number of methoxy groups -OCH3 is 1. The Bertz CT molecular complexity index is 461.